The molecule has 2 rings (SSSR count). The molecule has 1 aromatic carbocycles. The van der Waals surface area contributed by atoms with Crippen LogP contribution < -0.4 is 5.32 Å². The van der Waals surface area contributed by atoms with Crippen LogP contribution in [0.2, 0.25) is 0 Å². The number of aryl methyl sites for hydroxylation is 2. The quantitative estimate of drug-likeness (QED) is 0.836. The van der Waals surface area contributed by atoms with Gasteiger partial charge in [-0.3, -0.25) is 0 Å². The molecule has 0 heterocycles. The van der Waals surface area contributed by atoms with Gasteiger partial charge in [0.2, 0.25) is 0 Å². The zero-order valence-corrected chi connectivity index (χ0v) is 11.9. The first kappa shape index (κ1) is 15.4. The Bertz CT molecular complexity index is 440. The molecule has 1 N–H and O–H groups in total. The van der Waals surface area contributed by atoms with Crippen LogP contribution in [0.3, 0.4) is 0 Å². The molecule has 20 heavy (non-hydrogen) atoms. The van der Waals surface area contributed by atoms with Crippen LogP contribution in [0, 0.1) is 0 Å². The molecule has 0 saturated carbocycles. The molecule has 0 bridgehead atoms. The first-order valence-corrected chi connectivity index (χ1v) is 7.41. The Hall–Kier alpha value is -1.03. The second-order valence-electron chi connectivity index (χ2n) is 5.56. The van der Waals surface area contributed by atoms with Crippen LogP contribution in [0.1, 0.15) is 55.3 Å². The fourth-order valence-electron chi connectivity index (χ4n) is 2.83. The van der Waals surface area contributed by atoms with Gasteiger partial charge in [0.25, 0.3) is 0 Å². The van der Waals surface area contributed by atoms with Crippen molar-refractivity contribution in [2.45, 2.75) is 57.7 Å². The molecule has 1 aromatic rings. The molecule has 0 amide bonds. The molecule has 1 nitrogen and oxygen atoms in total. The third-order valence-corrected chi connectivity index (χ3v) is 3.85. The Morgan fingerprint density at radius 1 is 1.15 bits per heavy atom. The number of hydrogen-bond donors (Lipinski definition) is 1. The van der Waals surface area contributed by atoms with E-state index in [0.717, 1.165) is 31.2 Å². The van der Waals surface area contributed by atoms with E-state index >= 15 is 0 Å². The summed E-state index contributed by atoms with van der Waals surface area (Å²) in [6.07, 6.45) is 0.277. The maximum Gasteiger partial charge on any atom is 0.390 e. The number of nitrogens with one attached hydrogen (secondary N) is 1. The van der Waals surface area contributed by atoms with Crippen molar-refractivity contribution < 1.29 is 13.2 Å². The first-order valence-electron chi connectivity index (χ1n) is 7.41. The van der Waals surface area contributed by atoms with Gasteiger partial charge in [0.15, 0.2) is 0 Å². The molecule has 0 spiro atoms. The lowest BCUT2D eigenvalue weighted by atomic mass is 9.88. The van der Waals surface area contributed by atoms with E-state index < -0.39 is 18.6 Å². The Labute approximate surface area is 118 Å². The third-order valence-electron chi connectivity index (χ3n) is 3.85. The highest BCUT2D eigenvalue weighted by Crippen LogP contribution is 2.31. The molecule has 0 saturated heterocycles. The first-order chi connectivity index (χ1) is 9.49. The maximum atomic E-state index is 12.7. The fraction of sp³-hybridized carbons (Fsp3) is 0.625. The summed E-state index contributed by atoms with van der Waals surface area (Å²) in [5.41, 5.74) is 3.32. The standard InChI is InChI=1S/C16H22F3N/c1-2-9-20-15(11-16(17,18)19)14-8-7-12-5-3-4-6-13(12)10-14/h7-8,10,15,20H,2-6,9,11H2,1H3. The minimum Gasteiger partial charge on any atom is -0.310 e. The smallest absolute Gasteiger partial charge is 0.310 e. The van der Waals surface area contributed by atoms with Gasteiger partial charge >= 0.3 is 6.18 Å². The molecule has 1 atom stereocenters. The third kappa shape index (κ3) is 4.23. The van der Waals surface area contributed by atoms with Crippen LogP contribution in [0.4, 0.5) is 13.2 Å². The molecular weight excluding hydrogens is 263 g/mol. The molecule has 0 radical (unpaired) electrons. The summed E-state index contributed by atoms with van der Waals surface area (Å²) in [5.74, 6) is 0. The average Bonchev–Trinajstić information content (AvgIpc) is 2.41. The lowest BCUT2D eigenvalue weighted by molar-refractivity contribution is -0.140. The summed E-state index contributed by atoms with van der Waals surface area (Å²) in [6.45, 7) is 2.57. The van der Waals surface area contributed by atoms with Crippen LogP contribution in [0.5, 0.6) is 0 Å². The van der Waals surface area contributed by atoms with Crippen molar-refractivity contribution in [3.63, 3.8) is 0 Å². The Kier molecular flexibility index (Phi) is 5.08. The maximum absolute atomic E-state index is 12.7. The number of halogens is 3. The van der Waals surface area contributed by atoms with E-state index in [2.05, 4.69) is 5.32 Å². The normalized spacial score (nSPS) is 16.8. The van der Waals surface area contributed by atoms with Crippen molar-refractivity contribution in [2.24, 2.45) is 0 Å². The summed E-state index contributed by atoms with van der Waals surface area (Å²) in [7, 11) is 0. The van der Waals surface area contributed by atoms with E-state index in [4.69, 9.17) is 0 Å². The van der Waals surface area contributed by atoms with Gasteiger partial charge in [-0.05, 0) is 55.3 Å². The Morgan fingerprint density at radius 3 is 2.50 bits per heavy atom. The fourth-order valence-corrected chi connectivity index (χ4v) is 2.83. The van der Waals surface area contributed by atoms with E-state index in [1.54, 1.807) is 0 Å². The van der Waals surface area contributed by atoms with Crippen molar-refractivity contribution in [3.05, 3.63) is 34.9 Å². The lowest BCUT2D eigenvalue weighted by Crippen LogP contribution is -2.27. The van der Waals surface area contributed by atoms with Gasteiger partial charge in [0.05, 0.1) is 6.42 Å². The van der Waals surface area contributed by atoms with E-state index in [1.165, 1.54) is 17.5 Å². The molecule has 0 aliphatic heterocycles. The predicted molar refractivity (Wildman–Crippen MR) is 74.8 cm³/mol. The van der Waals surface area contributed by atoms with Crippen LogP contribution in [0.15, 0.2) is 18.2 Å². The van der Waals surface area contributed by atoms with Crippen molar-refractivity contribution in [3.8, 4) is 0 Å². The number of benzene rings is 1. The molecule has 1 aliphatic rings. The second kappa shape index (κ2) is 6.61. The largest absolute Gasteiger partial charge is 0.390 e. The van der Waals surface area contributed by atoms with Gasteiger partial charge in [0, 0.05) is 6.04 Å². The minimum atomic E-state index is -4.14. The van der Waals surface area contributed by atoms with Gasteiger partial charge in [-0.25, -0.2) is 0 Å². The summed E-state index contributed by atoms with van der Waals surface area (Å²) in [4.78, 5) is 0. The molecule has 112 valence electrons. The van der Waals surface area contributed by atoms with Crippen LogP contribution in [-0.4, -0.2) is 12.7 Å². The van der Waals surface area contributed by atoms with Crippen molar-refractivity contribution in [2.75, 3.05) is 6.54 Å². The summed E-state index contributed by atoms with van der Waals surface area (Å²) in [5, 5.41) is 3.03. The summed E-state index contributed by atoms with van der Waals surface area (Å²) >= 11 is 0. The van der Waals surface area contributed by atoms with E-state index in [1.807, 2.05) is 25.1 Å². The van der Waals surface area contributed by atoms with E-state index in [9.17, 15) is 13.2 Å². The molecular formula is C16H22F3N. The van der Waals surface area contributed by atoms with Crippen molar-refractivity contribution in [1.82, 2.24) is 5.32 Å². The molecule has 0 aromatic heterocycles. The van der Waals surface area contributed by atoms with Crippen LogP contribution >= 0.6 is 0 Å². The van der Waals surface area contributed by atoms with Gasteiger partial charge in [-0.2, -0.15) is 13.2 Å². The monoisotopic (exact) mass is 285 g/mol. The number of alkyl halides is 3. The van der Waals surface area contributed by atoms with Gasteiger partial charge in [-0.15, -0.1) is 0 Å². The van der Waals surface area contributed by atoms with Gasteiger partial charge in [-0.1, -0.05) is 25.1 Å². The number of hydrogen-bond acceptors (Lipinski definition) is 1. The van der Waals surface area contributed by atoms with Gasteiger partial charge < -0.3 is 5.32 Å². The molecule has 1 unspecified atom stereocenters. The zero-order valence-electron chi connectivity index (χ0n) is 11.9. The molecule has 4 heteroatoms. The number of rotatable bonds is 5. The second-order valence-corrected chi connectivity index (χ2v) is 5.56. The molecule has 1 aliphatic carbocycles. The summed E-state index contributed by atoms with van der Waals surface area (Å²) in [6, 6.07) is 5.24. The number of fused-ring (bicyclic) bond motifs is 1. The average molecular weight is 285 g/mol. The Morgan fingerprint density at radius 2 is 1.85 bits per heavy atom. The highest BCUT2D eigenvalue weighted by atomic mass is 19.4. The van der Waals surface area contributed by atoms with Crippen LogP contribution in [0.25, 0.3) is 0 Å². The predicted octanol–water partition coefficient (Wildman–Crippen LogP) is 4.56. The van der Waals surface area contributed by atoms with Crippen LogP contribution in [-0.2, 0) is 12.8 Å². The Balaban J connectivity index is 2.18. The van der Waals surface area contributed by atoms with E-state index in [0.29, 0.717) is 6.54 Å². The SMILES string of the molecule is CCCNC(CC(F)(F)F)c1ccc2c(c1)CCCC2. The minimum absolute atomic E-state index is 0.609. The lowest BCUT2D eigenvalue weighted by Gasteiger charge is -2.23. The van der Waals surface area contributed by atoms with Crippen molar-refractivity contribution in [1.29, 1.82) is 0 Å². The topological polar surface area (TPSA) is 12.0 Å². The highest BCUT2D eigenvalue weighted by molar-refractivity contribution is 5.35. The highest BCUT2D eigenvalue weighted by Gasteiger charge is 2.32. The van der Waals surface area contributed by atoms with E-state index in [-0.39, 0.29) is 0 Å². The van der Waals surface area contributed by atoms with Gasteiger partial charge in [0.1, 0.15) is 0 Å². The zero-order chi connectivity index (χ0) is 14.6. The molecule has 0 fully saturated rings. The van der Waals surface area contributed by atoms with Crippen molar-refractivity contribution >= 4 is 0 Å². The summed E-state index contributed by atoms with van der Waals surface area (Å²) < 4.78 is 38.2.